The molecule has 2 atom stereocenters. The molecular formula is C14H28N2S. The molecule has 2 heterocycles. The number of hydrogen-bond donors (Lipinski definition) is 1. The molecule has 0 aromatic rings. The number of likely N-dealkylation sites (tertiary alicyclic amines) is 1. The van der Waals surface area contributed by atoms with Gasteiger partial charge in [-0.1, -0.05) is 6.42 Å². The molecule has 2 unspecified atom stereocenters. The van der Waals surface area contributed by atoms with Crippen molar-refractivity contribution in [1.82, 2.24) is 10.2 Å². The summed E-state index contributed by atoms with van der Waals surface area (Å²) in [5.41, 5.74) is 0. The van der Waals surface area contributed by atoms with Crippen LogP contribution in [-0.2, 0) is 0 Å². The molecule has 0 radical (unpaired) electrons. The lowest BCUT2D eigenvalue weighted by molar-refractivity contribution is 0.190. The zero-order chi connectivity index (χ0) is 12.1. The molecule has 2 aliphatic rings. The van der Waals surface area contributed by atoms with Gasteiger partial charge in [0.2, 0.25) is 0 Å². The molecule has 2 fully saturated rings. The largest absolute Gasteiger partial charge is 0.313 e. The Hall–Kier alpha value is 0.270. The van der Waals surface area contributed by atoms with Crippen LogP contribution in [0.2, 0.25) is 0 Å². The second-order valence-electron chi connectivity index (χ2n) is 5.83. The van der Waals surface area contributed by atoms with Gasteiger partial charge in [0, 0.05) is 17.8 Å². The zero-order valence-corrected chi connectivity index (χ0v) is 12.3. The van der Waals surface area contributed by atoms with E-state index < -0.39 is 0 Å². The average molecular weight is 256 g/mol. The van der Waals surface area contributed by atoms with Crippen LogP contribution < -0.4 is 5.32 Å². The first-order valence-corrected chi connectivity index (χ1v) is 8.34. The topological polar surface area (TPSA) is 15.3 Å². The Balaban J connectivity index is 1.64. The first-order valence-electron chi connectivity index (χ1n) is 7.29. The Morgan fingerprint density at radius 3 is 2.65 bits per heavy atom. The molecule has 2 aliphatic heterocycles. The Morgan fingerprint density at radius 2 is 2.00 bits per heavy atom. The second-order valence-corrected chi connectivity index (χ2v) is 7.23. The van der Waals surface area contributed by atoms with Crippen molar-refractivity contribution in [1.29, 1.82) is 0 Å². The summed E-state index contributed by atoms with van der Waals surface area (Å²) < 4.78 is 0. The van der Waals surface area contributed by atoms with Crippen LogP contribution in [0.4, 0.5) is 0 Å². The maximum absolute atomic E-state index is 3.80. The van der Waals surface area contributed by atoms with Crippen molar-refractivity contribution in [2.75, 3.05) is 32.4 Å². The van der Waals surface area contributed by atoms with Crippen molar-refractivity contribution in [2.24, 2.45) is 5.92 Å². The average Bonchev–Trinajstić information content (AvgIpc) is 2.38. The molecule has 0 saturated carbocycles. The molecule has 0 aromatic heterocycles. The van der Waals surface area contributed by atoms with Crippen molar-refractivity contribution in [3.63, 3.8) is 0 Å². The first kappa shape index (κ1) is 13.7. The van der Waals surface area contributed by atoms with Crippen molar-refractivity contribution in [3.8, 4) is 0 Å². The molecule has 0 aromatic carbocycles. The molecule has 2 rings (SSSR count). The van der Waals surface area contributed by atoms with Crippen molar-refractivity contribution in [2.45, 2.75) is 50.3 Å². The fourth-order valence-corrected chi connectivity index (χ4v) is 4.23. The van der Waals surface area contributed by atoms with Gasteiger partial charge >= 0.3 is 0 Å². The van der Waals surface area contributed by atoms with Crippen LogP contribution in [0.1, 0.15) is 39.0 Å². The molecular weight excluding hydrogens is 228 g/mol. The molecule has 3 heteroatoms. The summed E-state index contributed by atoms with van der Waals surface area (Å²) in [6, 6.07) is 0.714. The van der Waals surface area contributed by atoms with Crippen molar-refractivity contribution < 1.29 is 0 Å². The number of nitrogens with one attached hydrogen (secondary N) is 1. The predicted molar refractivity (Wildman–Crippen MR) is 77.8 cm³/mol. The monoisotopic (exact) mass is 256 g/mol. The van der Waals surface area contributed by atoms with Gasteiger partial charge in [0.05, 0.1) is 0 Å². The maximum atomic E-state index is 3.80. The van der Waals surface area contributed by atoms with E-state index in [-0.39, 0.29) is 0 Å². The molecule has 0 bridgehead atoms. The molecule has 100 valence electrons. The lowest BCUT2D eigenvalue weighted by Gasteiger charge is -2.34. The standard InChI is InChI=1S/C14H28N2S/c1-12(13-6-8-16(2)9-7-13)15-11-14-5-3-4-10-17-14/h12-15H,3-11H2,1-2H3. The van der Waals surface area contributed by atoms with Crippen molar-refractivity contribution >= 4 is 11.8 Å². The maximum Gasteiger partial charge on any atom is 0.0172 e. The summed E-state index contributed by atoms with van der Waals surface area (Å²) in [5.74, 6) is 2.29. The highest BCUT2D eigenvalue weighted by molar-refractivity contribution is 7.99. The summed E-state index contributed by atoms with van der Waals surface area (Å²) in [5, 5.41) is 4.68. The van der Waals surface area contributed by atoms with Crippen LogP contribution >= 0.6 is 11.8 Å². The third-order valence-electron chi connectivity index (χ3n) is 4.41. The van der Waals surface area contributed by atoms with E-state index in [1.165, 1.54) is 57.5 Å². The number of rotatable bonds is 4. The lowest BCUT2D eigenvalue weighted by Crippen LogP contribution is -2.42. The lowest BCUT2D eigenvalue weighted by atomic mass is 9.90. The van der Waals surface area contributed by atoms with Gasteiger partial charge in [-0.25, -0.2) is 0 Å². The van der Waals surface area contributed by atoms with E-state index in [0.717, 1.165) is 11.2 Å². The molecule has 0 spiro atoms. The zero-order valence-electron chi connectivity index (χ0n) is 11.5. The van der Waals surface area contributed by atoms with E-state index in [1.54, 1.807) is 0 Å². The van der Waals surface area contributed by atoms with Crippen LogP contribution in [-0.4, -0.2) is 48.6 Å². The van der Waals surface area contributed by atoms with Gasteiger partial charge in [-0.15, -0.1) is 0 Å². The second kappa shape index (κ2) is 7.01. The number of piperidine rings is 1. The summed E-state index contributed by atoms with van der Waals surface area (Å²) in [7, 11) is 2.24. The van der Waals surface area contributed by atoms with Gasteiger partial charge in [-0.05, 0) is 64.4 Å². The predicted octanol–water partition coefficient (Wildman–Crippen LogP) is 2.59. The molecule has 17 heavy (non-hydrogen) atoms. The normalized spacial score (nSPS) is 30.4. The number of thioether (sulfide) groups is 1. The van der Waals surface area contributed by atoms with Crippen LogP contribution in [0, 0.1) is 5.92 Å². The molecule has 0 aliphatic carbocycles. The molecule has 0 amide bonds. The highest BCUT2D eigenvalue weighted by Crippen LogP contribution is 2.25. The van der Waals surface area contributed by atoms with Crippen LogP contribution in [0.25, 0.3) is 0 Å². The highest BCUT2D eigenvalue weighted by atomic mass is 32.2. The van der Waals surface area contributed by atoms with E-state index in [0.29, 0.717) is 6.04 Å². The Kier molecular flexibility index (Phi) is 5.64. The Morgan fingerprint density at radius 1 is 1.24 bits per heavy atom. The Labute approximate surface area is 111 Å². The minimum absolute atomic E-state index is 0.714. The first-order chi connectivity index (χ1) is 8.25. The third kappa shape index (κ3) is 4.46. The van der Waals surface area contributed by atoms with E-state index >= 15 is 0 Å². The van der Waals surface area contributed by atoms with Crippen LogP contribution in [0.5, 0.6) is 0 Å². The van der Waals surface area contributed by atoms with Gasteiger partial charge < -0.3 is 10.2 Å². The van der Waals surface area contributed by atoms with E-state index in [1.807, 2.05) is 0 Å². The summed E-state index contributed by atoms with van der Waals surface area (Å²) in [4.78, 5) is 2.46. The molecule has 2 nitrogen and oxygen atoms in total. The van der Waals surface area contributed by atoms with E-state index in [4.69, 9.17) is 0 Å². The van der Waals surface area contributed by atoms with E-state index in [9.17, 15) is 0 Å². The van der Waals surface area contributed by atoms with Gasteiger partial charge in [0.15, 0.2) is 0 Å². The summed E-state index contributed by atoms with van der Waals surface area (Å²) in [6.45, 7) is 6.20. The van der Waals surface area contributed by atoms with Crippen LogP contribution in [0.15, 0.2) is 0 Å². The smallest absolute Gasteiger partial charge is 0.0172 e. The highest BCUT2D eigenvalue weighted by Gasteiger charge is 2.23. The Bertz CT molecular complexity index is 208. The van der Waals surface area contributed by atoms with Gasteiger partial charge in [-0.3, -0.25) is 0 Å². The fourth-order valence-electron chi connectivity index (χ4n) is 2.98. The summed E-state index contributed by atoms with van der Waals surface area (Å²) >= 11 is 2.18. The minimum atomic E-state index is 0.714. The molecule has 1 N–H and O–H groups in total. The minimum Gasteiger partial charge on any atom is -0.313 e. The number of nitrogens with zero attached hydrogens (tertiary/aromatic N) is 1. The fraction of sp³-hybridized carbons (Fsp3) is 1.00. The molecule has 2 saturated heterocycles. The van der Waals surface area contributed by atoms with Crippen molar-refractivity contribution in [3.05, 3.63) is 0 Å². The SMILES string of the molecule is CC(NCC1CCCCS1)C1CCN(C)CC1. The van der Waals surface area contributed by atoms with Gasteiger partial charge in [0.1, 0.15) is 0 Å². The van der Waals surface area contributed by atoms with Crippen LogP contribution in [0.3, 0.4) is 0 Å². The quantitative estimate of drug-likeness (QED) is 0.832. The van der Waals surface area contributed by atoms with E-state index in [2.05, 4.69) is 35.9 Å². The third-order valence-corrected chi connectivity index (χ3v) is 5.81. The van der Waals surface area contributed by atoms with Gasteiger partial charge in [-0.2, -0.15) is 11.8 Å². The van der Waals surface area contributed by atoms with Gasteiger partial charge in [0.25, 0.3) is 0 Å². The summed E-state index contributed by atoms with van der Waals surface area (Å²) in [6.07, 6.45) is 7.07. The number of hydrogen-bond acceptors (Lipinski definition) is 3.